The number of carbonyl (C=O) groups excluding carboxylic acids is 1. The Morgan fingerprint density at radius 3 is 2.50 bits per heavy atom. The van der Waals surface area contributed by atoms with E-state index >= 15 is 0 Å². The quantitative estimate of drug-likeness (QED) is 0.832. The number of thioether (sulfide) groups is 1. The molecule has 0 aliphatic carbocycles. The largest absolute Gasteiger partial charge is 0.342 e. The molecule has 1 amide bonds. The number of likely N-dealkylation sites (tertiary alicyclic amines) is 1. The van der Waals surface area contributed by atoms with E-state index in [4.69, 9.17) is 5.73 Å². The lowest BCUT2D eigenvalue weighted by atomic mass is 10.4. The molecule has 0 radical (unpaired) electrons. The van der Waals surface area contributed by atoms with Gasteiger partial charge in [0.05, 0.1) is 11.8 Å². The number of amides is 1. The van der Waals surface area contributed by atoms with Crippen LogP contribution in [0.3, 0.4) is 0 Å². The van der Waals surface area contributed by atoms with Crippen LogP contribution in [0, 0.1) is 0 Å². The van der Waals surface area contributed by atoms with Gasteiger partial charge in [-0.3, -0.25) is 4.79 Å². The molecule has 1 saturated heterocycles. The highest BCUT2D eigenvalue weighted by atomic mass is 32.2. The van der Waals surface area contributed by atoms with Crippen molar-refractivity contribution in [1.82, 2.24) is 19.7 Å². The van der Waals surface area contributed by atoms with Crippen LogP contribution in [0.2, 0.25) is 0 Å². The molecule has 1 fully saturated rings. The first-order valence-corrected chi connectivity index (χ1v) is 8.01. The summed E-state index contributed by atoms with van der Waals surface area (Å²) in [5, 5.41) is 8.93. The predicted molar refractivity (Wildman–Crippen MR) is 79.4 cm³/mol. The summed E-state index contributed by atoms with van der Waals surface area (Å²) in [6, 6.07) is 0.236. The van der Waals surface area contributed by atoms with E-state index < -0.39 is 0 Å². The van der Waals surface area contributed by atoms with Gasteiger partial charge < -0.3 is 15.2 Å². The molecule has 2 rings (SSSR count). The molecular weight excluding hydrogens is 274 g/mol. The van der Waals surface area contributed by atoms with Crippen molar-refractivity contribution < 1.29 is 4.79 Å². The van der Waals surface area contributed by atoms with Crippen molar-refractivity contribution in [1.29, 1.82) is 0 Å². The molecule has 1 aliphatic rings. The minimum absolute atomic E-state index is 0.138. The summed E-state index contributed by atoms with van der Waals surface area (Å²) < 4.78 is 2.01. The zero-order valence-electron chi connectivity index (χ0n) is 12.4. The third-order valence-corrected chi connectivity index (χ3v) is 4.53. The third-order valence-electron chi connectivity index (χ3n) is 3.48. The Labute approximate surface area is 124 Å². The number of nitrogens with two attached hydrogens (primary N) is 1. The molecule has 0 saturated carbocycles. The maximum Gasteiger partial charge on any atom is 0.235 e. The van der Waals surface area contributed by atoms with Gasteiger partial charge in [0.1, 0.15) is 5.82 Å². The molecule has 1 aromatic rings. The molecular formula is C13H23N5OS. The van der Waals surface area contributed by atoms with Gasteiger partial charge in [0.25, 0.3) is 0 Å². The average Bonchev–Trinajstić information content (AvgIpc) is 3.06. The summed E-state index contributed by atoms with van der Waals surface area (Å²) in [5.41, 5.74) is 5.68. The van der Waals surface area contributed by atoms with Crippen LogP contribution in [-0.2, 0) is 11.3 Å². The SMILES string of the molecule is CC(Sc1nnc(CN)n1C(C)C)C(=O)N1CCCC1. The van der Waals surface area contributed by atoms with E-state index in [-0.39, 0.29) is 17.2 Å². The Balaban J connectivity index is 2.09. The van der Waals surface area contributed by atoms with Crippen LogP contribution < -0.4 is 5.73 Å². The summed E-state index contributed by atoms with van der Waals surface area (Å²) in [6.07, 6.45) is 2.23. The monoisotopic (exact) mass is 297 g/mol. The van der Waals surface area contributed by atoms with Crippen LogP contribution >= 0.6 is 11.8 Å². The zero-order chi connectivity index (χ0) is 14.7. The highest BCUT2D eigenvalue weighted by Crippen LogP contribution is 2.27. The summed E-state index contributed by atoms with van der Waals surface area (Å²) in [4.78, 5) is 14.3. The number of rotatable bonds is 5. The first-order chi connectivity index (χ1) is 9.54. The lowest BCUT2D eigenvalue weighted by Crippen LogP contribution is -2.34. The Hall–Kier alpha value is -1.08. The molecule has 1 unspecified atom stereocenters. The molecule has 0 aromatic carbocycles. The van der Waals surface area contributed by atoms with Gasteiger partial charge in [-0.2, -0.15) is 0 Å². The van der Waals surface area contributed by atoms with E-state index in [9.17, 15) is 4.79 Å². The van der Waals surface area contributed by atoms with Crippen molar-refractivity contribution in [3.63, 3.8) is 0 Å². The minimum atomic E-state index is -0.138. The predicted octanol–water partition coefficient (Wildman–Crippen LogP) is 1.42. The van der Waals surface area contributed by atoms with E-state index in [1.165, 1.54) is 11.8 Å². The second-order valence-corrected chi connectivity index (χ2v) is 6.67. The molecule has 1 aromatic heterocycles. The van der Waals surface area contributed by atoms with E-state index in [0.29, 0.717) is 6.54 Å². The van der Waals surface area contributed by atoms with E-state index in [0.717, 1.165) is 36.9 Å². The van der Waals surface area contributed by atoms with Gasteiger partial charge in [-0.25, -0.2) is 0 Å². The van der Waals surface area contributed by atoms with Crippen LogP contribution in [0.4, 0.5) is 0 Å². The van der Waals surface area contributed by atoms with Crippen molar-refractivity contribution in [2.45, 2.75) is 56.6 Å². The van der Waals surface area contributed by atoms with Gasteiger partial charge in [-0.15, -0.1) is 10.2 Å². The standard InChI is InChI=1S/C13H23N5OS/c1-9(2)18-11(8-14)15-16-13(18)20-10(3)12(19)17-6-4-5-7-17/h9-10H,4-8,14H2,1-3H3. The Morgan fingerprint density at radius 2 is 1.95 bits per heavy atom. The van der Waals surface area contributed by atoms with Crippen LogP contribution in [0.25, 0.3) is 0 Å². The molecule has 6 nitrogen and oxygen atoms in total. The van der Waals surface area contributed by atoms with Crippen LogP contribution in [0.1, 0.15) is 45.5 Å². The maximum absolute atomic E-state index is 12.3. The van der Waals surface area contributed by atoms with Gasteiger partial charge >= 0.3 is 0 Å². The Kier molecular flexibility index (Phi) is 5.04. The van der Waals surface area contributed by atoms with Gasteiger partial charge in [0.15, 0.2) is 5.16 Å². The first kappa shape index (κ1) is 15.3. The molecule has 1 aliphatic heterocycles. The highest BCUT2D eigenvalue weighted by molar-refractivity contribution is 8.00. The summed E-state index contributed by atoms with van der Waals surface area (Å²) >= 11 is 1.47. The average molecular weight is 297 g/mol. The molecule has 20 heavy (non-hydrogen) atoms. The molecule has 1 atom stereocenters. The zero-order valence-corrected chi connectivity index (χ0v) is 13.2. The van der Waals surface area contributed by atoms with Crippen molar-refractivity contribution in [2.24, 2.45) is 5.73 Å². The Morgan fingerprint density at radius 1 is 1.30 bits per heavy atom. The smallest absolute Gasteiger partial charge is 0.235 e. The number of hydrogen-bond donors (Lipinski definition) is 1. The fourth-order valence-corrected chi connectivity index (χ4v) is 3.53. The minimum Gasteiger partial charge on any atom is -0.342 e. The second kappa shape index (κ2) is 6.58. The fraction of sp³-hybridized carbons (Fsp3) is 0.769. The molecule has 7 heteroatoms. The number of carbonyl (C=O) groups is 1. The molecule has 0 bridgehead atoms. The van der Waals surface area contributed by atoms with Gasteiger partial charge in [0.2, 0.25) is 5.91 Å². The third kappa shape index (κ3) is 3.15. The van der Waals surface area contributed by atoms with Crippen molar-refractivity contribution >= 4 is 17.7 Å². The fourth-order valence-electron chi connectivity index (χ4n) is 2.45. The van der Waals surface area contributed by atoms with Gasteiger partial charge in [-0.05, 0) is 33.6 Å². The summed E-state index contributed by atoms with van der Waals surface area (Å²) in [5.74, 6) is 0.962. The highest BCUT2D eigenvalue weighted by Gasteiger charge is 2.26. The van der Waals surface area contributed by atoms with Crippen LogP contribution in [0.15, 0.2) is 5.16 Å². The van der Waals surface area contributed by atoms with Gasteiger partial charge in [0, 0.05) is 19.1 Å². The van der Waals surface area contributed by atoms with Crippen LogP contribution in [-0.4, -0.2) is 43.9 Å². The molecule has 2 N–H and O–H groups in total. The topological polar surface area (TPSA) is 77.0 Å². The van der Waals surface area contributed by atoms with E-state index in [1.54, 1.807) is 0 Å². The maximum atomic E-state index is 12.3. The molecule has 2 heterocycles. The number of hydrogen-bond acceptors (Lipinski definition) is 5. The normalized spacial score (nSPS) is 16.9. The lowest BCUT2D eigenvalue weighted by Gasteiger charge is -2.20. The van der Waals surface area contributed by atoms with Gasteiger partial charge in [-0.1, -0.05) is 11.8 Å². The van der Waals surface area contributed by atoms with E-state index in [2.05, 4.69) is 24.0 Å². The van der Waals surface area contributed by atoms with Crippen LogP contribution in [0.5, 0.6) is 0 Å². The van der Waals surface area contributed by atoms with Crippen molar-refractivity contribution in [3.8, 4) is 0 Å². The first-order valence-electron chi connectivity index (χ1n) is 7.14. The molecule has 112 valence electrons. The van der Waals surface area contributed by atoms with E-state index in [1.807, 2.05) is 16.4 Å². The summed E-state index contributed by atoms with van der Waals surface area (Å²) in [7, 11) is 0. The Bertz CT molecular complexity index is 467. The lowest BCUT2D eigenvalue weighted by molar-refractivity contribution is -0.129. The second-order valence-electron chi connectivity index (χ2n) is 5.36. The van der Waals surface area contributed by atoms with Crippen molar-refractivity contribution in [3.05, 3.63) is 5.82 Å². The summed E-state index contributed by atoms with van der Waals surface area (Å²) in [6.45, 7) is 8.20. The number of aromatic nitrogens is 3. The number of nitrogens with zero attached hydrogens (tertiary/aromatic N) is 4. The molecule has 0 spiro atoms. The van der Waals surface area contributed by atoms with Crippen molar-refractivity contribution in [2.75, 3.05) is 13.1 Å².